The average Bonchev–Trinajstić information content (AvgIpc) is 3.02. The predicted octanol–water partition coefficient (Wildman–Crippen LogP) is 2.07. The highest BCUT2D eigenvalue weighted by Gasteiger charge is 2.44. The van der Waals surface area contributed by atoms with Crippen LogP contribution in [-0.4, -0.2) is 60.8 Å². The molecule has 6 heteroatoms. The molecule has 24 heavy (non-hydrogen) atoms. The number of anilines is 1. The van der Waals surface area contributed by atoms with Crippen molar-refractivity contribution in [3.05, 3.63) is 24.4 Å². The normalized spacial score (nSPS) is 26.7. The number of hydrogen-bond acceptors (Lipinski definition) is 5. The Morgan fingerprint density at radius 2 is 2.42 bits per heavy atom. The van der Waals surface area contributed by atoms with Gasteiger partial charge in [0.1, 0.15) is 5.82 Å². The van der Waals surface area contributed by atoms with E-state index in [4.69, 9.17) is 9.47 Å². The summed E-state index contributed by atoms with van der Waals surface area (Å²) in [6.07, 6.45) is 6.60. The maximum atomic E-state index is 12.2. The molecule has 1 spiro atoms. The number of methoxy groups -OCH3 is 1. The quantitative estimate of drug-likeness (QED) is 0.863. The van der Waals surface area contributed by atoms with Crippen LogP contribution in [0, 0.1) is 0 Å². The summed E-state index contributed by atoms with van der Waals surface area (Å²) in [6.45, 7) is 2.76. The fraction of sp³-hybridized carbons (Fsp3) is 0.667. The van der Waals surface area contributed by atoms with Gasteiger partial charge in [0, 0.05) is 32.9 Å². The Morgan fingerprint density at radius 1 is 1.50 bits per heavy atom. The van der Waals surface area contributed by atoms with Crippen LogP contribution in [0.1, 0.15) is 32.1 Å². The van der Waals surface area contributed by atoms with Gasteiger partial charge in [0.15, 0.2) is 0 Å². The summed E-state index contributed by atoms with van der Waals surface area (Å²) < 4.78 is 11.4. The van der Waals surface area contributed by atoms with Crippen molar-refractivity contribution in [2.24, 2.45) is 0 Å². The Labute approximate surface area is 143 Å². The number of rotatable bonds is 6. The second-order valence-corrected chi connectivity index (χ2v) is 6.72. The van der Waals surface area contributed by atoms with Crippen LogP contribution >= 0.6 is 0 Å². The molecule has 2 aliphatic rings. The highest BCUT2D eigenvalue weighted by Crippen LogP contribution is 2.36. The fourth-order valence-electron chi connectivity index (χ4n) is 3.66. The molecule has 0 aromatic carbocycles. The lowest BCUT2D eigenvalue weighted by Crippen LogP contribution is -2.45. The number of carbonyl (C=O) groups is 1. The van der Waals surface area contributed by atoms with Gasteiger partial charge in [-0.2, -0.15) is 0 Å². The third-order valence-electron chi connectivity index (χ3n) is 4.94. The summed E-state index contributed by atoms with van der Waals surface area (Å²) in [6, 6.07) is 5.84. The first-order chi connectivity index (χ1) is 11.7. The summed E-state index contributed by atoms with van der Waals surface area (Å²) in [5.41, 5.74) is -0.155. The van der Waals surface area contributed by atoms with Crippen molar-refractivity contribution in [3.8, 4) is 0 Å². The summed E-state index contributed by atoms with van der Waals surface area (Å²) in [5.74, 6) is 1.05. The summed E-state index contributed by atoms with van der Waals surface area (Å²) in [7, 11) is 1.63. The van der Waals surface area contributed by atoms with Gasteiger partial charge in [-0.25, -0.2) is 4.98 Å². The van der Waals surface area contributed by atoms with Gasteiger partial charge in [-0.3, -0.25) is 4.79 Å². The van der Waals surface area contributed by atoms with Crippen LogP contribution in [0.2, 0.25) is 0 Å². The number of hydrogen-bond donors (Lipinski definition) is 1. The van der Waals surface area contributed by atoms with Crippen molar-refractivity contribution in [1.29, 1.82) is 0 Å². The largest absolute Gasteiger partial charge is 0.384 e. The SMILES string of the molecule is COCCC(=O)N1CC[C@]2(CCC[C@@H](CNc3ccccn3)O2)C1. The molecule has 0 bridgehead atoms. The molecule has 2 fully saturated rings. The van der Waals surface area contributed by atoms with Crippen molar-refractivity contribution < 1.29 is 14.3 Å². The van der Waals surface area contributed by atoms with Crippen molar-refractivity contribution in [2.45, 2.75) is 43.8 Å². The van der Waals surface area contributed by atoms with E-state index in [0.29, 0.717) is 13.0 Å². The first-order valence-corrected chi connectivity index (χ1v) is 8.80. The minimum Gasteiger partial charge on any atom is -0.384 e. The van der Waals surface area contributed by atoms with E-state index in [1.54, 1.807) is 13.3 Å². The highest BCUT2D eigenvalue weighted by molar-refractivity contribution is 5.76. The van der Waals surface area contributed by atoms with Gasteiger partial charge >= 0.3 is 0 Å². The van der Waals surface area contributed by atoms with Crippen LogP contribution in [-0.2, 0) is 14.3 Å². The lowest BCUT2D eigenvalue weighted by Gasteiger charge is -2.38. The molecule has 2 atom stereocenters. The molecule has 1 amide bonds. The zero-order valence-corrected chi connectivity index (χ0v) is 14.4. The maximum Gasteiger partial charge on any atom is 0.224 e. The fourth-order valence-corrected chi connectivity index (χ4v) is 3.66. The zero-order valence-electron chi connectivity index (χ0n) is 14.4. The predicted molar refractivity (Wildman–Crippen MR) is 91.9 cm³/mol. The Kier molecular flexibility index (Phi) is 5.68. The first kappa shape index (κ1) is 17.2. The molecule has 1 N–H and O–H groups in total. The van der Waals surface area contributed by atoms with Crippen LogP contribution in [0.15, 0.2) is 24.4 Å². The molecule has 0 unspecified atom stereocenters. The first-order valence-electron chi connectivity index (χ1n) is 8.80. The molecule has 0 aliphatic carbocycles. The van der Waals surface area contributed by atoms with E-state index < -0.39 is 0 Å². The summed E-state index contributed by atoms with van der Waals surface area (Å²) in [5, 5.41) is 3.35. The van der Waals surface area contributed by atoms with Crippen LogP contribution in [0.4, 0.5) is 5.82 Å². The van der Waals surface area contributed by atoms with Crippen LogP contribution in [0.5, 0.6) is 0 Å². The monoisotopic (exact) mass is 333 g/mol. The Hall–Kier alpha value is -1.66. The molecule has 132 valence electrons. The third-order valence-corrected chi connectivity index (χ3v) is 4.94. The summed E-state index contributed by atoms with van der Waals surface area (Å²) in [4.78, 5) is 18.4. The topological polar surface area (TPSA) is 63.7 Å². The van der Waals surface area contributed by atoms with Crippen LogP contribution in [0.25, 0.3) is 0 Å². The molecule has 2 aliphatic heterocycles. The number of nitrogens with zero attached hydrogens (tertiary/aromatic N) is 2. The van der Waals surface area contributed by atoms with E-state index in [2.05, 4.69) is 10.3 Å². The molecule has 3 rings (SSSR count). The van der Waals surface area contributed by atoms with Gasteiger partial charge in [0.25, 0.3) is 0 Å². The van der Waals surface area contributed by atoms with Gasteiger partial charge in [-0.15, -0.1) is 0 Å². The zero-order chi connectivity index (χ0) is 16.8. The molecule has 6 nitrogen and oxygen atoms in total. The van der Waals surface area contributed by atoms with Gasteiger partial charge < -0.3 is 19.7 Å². The molecule has 0 radical (unpaired) electrons. The molecule has 0 saturated carbocycles. The maximum absolute atomic E-state index is 12.2. The van der Waals surface area contributed by atoms with E-state index >= 15 is 0 Å². The number of pyridine rings is 1. The Bertz CT molecular complexity index is 540. The van der Waals surface area contributed by atoms with E-state index in [9.17, 15) is 4.79 Å². The van der Waals surface area contributed by atoms with E-state index in [1.165, 1.54) is 0 Å². The van der Waals surface area contributed by atoms with E-state index in [-0.39, 0.29) is 17.6 Å². The number of amides is 1. The molecule has 3 heterocycles. The number of likely N-dealkylation sites (tertiary alicyclic amines) is 1. The number of aromatic nitrogens is 1. The van der Waals surface area contributed by atoms with Gasteiger partial charge in [0.2, 0.25) is 5.91 Å². The summed E-state index contributed by atoms with van der Waals surface area (Å²) >= 11 is 0. The number of nitrogens with one attached hydrogen (secondary N) is 1. The second kappa shape index (κ2) is 7.94. The lowest BCUT2D eigenvalue weighted by atomic mass is 9.90. The Morgan fingerprint density at radius 3 is 3.21 bits per heavy atom. The van der Waals surface area contributed by atoms with Crippen molar-refractivity contribution >= 4 is 11.7 Å². The lowest BCUT2D eigenvalue weighted by molar-refractivity contribution is -0.137. The average molecular weight is 333 g/mol. The van der Waals surface area contributed by atoms with Crippen molar-refractivity contribution in [2.75, 3.05) is 38.7 Å². The number of carbonyl (C=O) groups excluding carboxylic acids is 1. The van der Waals surface area contributed by atoms with Gasteiger partial charge in [-0.05, 0) is 37.8 Å². The molecule has 1 aromatic heterocycles. The third kappa shape index (κ3) is 4.24. The standard InChI is InChI=1S/C18H27N3O3/c1-23-12-7-17(22)21-11-9-18(14-21)8-4-5-15(24-18)13-20-16-6-2-3-10-19-16/h2-3,6,10,15H,4-5,7-9,11-14H2,1H3,(H,19,20)/t15-,18+/m0/s1. The van der Waals surface area contributed by atoms with Crippen LogP contribution < -0.4 is 5.32 Å². The van der Waals surface area contributed by atoms with Gasteiger partial charge in [0.05, 0.1) is 24.7 Å². The second-order valence-electron chi connectivity index (χ2n) is 6.72. The minimum atomic E-state index is -0.155. The van der Waals surface area contributed by atoms with E-state index in [1.807, 2.05) is 23.1 Å². The highest BCUT2D eigenvalue weighted by atomic mass is 16.5. The van der Waals surface area contributed by atoms with E-state index in [0.717, 1.165) is 51.1 Å². The minimum absolute atomic E-state index is 0.155. The molecular weight excluding hydrogens is 306 g/mol. The number of ether oxygens (including phenoxy) is 2. The molecule has 2 saturated heterocycles. The van der Waals surface area contributed by atoms with Gasteiger partial charge in [-0.1, -0.05) is 6.07 Å². The van der Waals surface area contributed by atoms with Crippen molar-refractivity contribution in [1.82, 2.24) is 9.88 Å². The molecular formula is C18H27N3O3. The Balaban J connectivity index is 1.51. The van der Waals surface area contributed by atoms with Crippen LogP contribution in [0.3, 0.4) is 0 Å². The molecule has 1 aromatic rings. The smallest absolute Gasteiger partial charge is 0.224 e. The van der Waals surface area contributed by atoms with Crippen molar-refractivity contribution in [3.63, 3.8) is 0 Å².